The Morgan fingerprint density at radius 1 is 1.35 bits per heavy atom. The summed E-state index contributed by atoms with van der Waals surface area (Å²) in [6.07, 6.45) is 0.137. The number of nitrogens with one attached hydrogen (secondary N) is 1. The standard InChI is InChI=1S/C14H17N3O3/c1-9-14(20)16-12(18)8-17(9)13(19)6-10-4-2-3-5-11(10)7-15/h2-5,9H,6-8,15H2,1H3,(H,16,18,20). The lowest BCUT2D eigenvalue weighted by Gasteiger charge is -2.31. The molecule has 3 amide bonds. The summed E-state index contributed by atoms with van der Waals surface area (Å²) < 4.78 is 0. The molecule has 1 aromatic carbocycles. The topological polar surface area (TPSA) is 92.5 Å². The SMILES string of the molecule is CC1C(=O)NC(=O)CN1C(=O)Cc1ccccc1CN. The van der Waals surface area contributed by atoms with E-state index in [4.69, 9.17) is 5.73 Å². The molecule has 0 bridgehead atoms. The van der Waals surface area contributed by atoms with Crippen LogP contribution in [0.1, 0.15) is 18.1 Å². The lowest BCUT2D eigenvalue weighted by molar-refractivity contribution is -0.149. The van der Waals surface area contributed by atoms with Gasteiger partial charge in [0.15, 0.2) is 0 Å². The number of benzene rings is 1. The van der Waals surface area contributed by atoms with Crippen LogP contribution in [0.4, 0.5) is 0 Å². The summed E-state index contributed by atoms with van der Waals surface area (Å²) in [5.74, 6) is -1.14. The second-order valence-corrected chi connectivity index (χ2v) is 4.76. The molecule has 6 nitrogen and oxygen atoms in total. The van der Waals surface area contributed by atoms with Gasteiger partial charge in [0.2, 0.25) is 17.7 Å². The highest BCUT2D eigenvalue weighted by molar-refractivity contribution is 6.04. The fourth-order valence-electron chi connectivity index (χ4n) is 2.21. The van der Waals surface area contributed by atoms with Gasteiger partial charge in [-0.1, -0.05) is 24.3 Å². The molecule has 1 heterocycles. The number of piperazine rings is 1. The van der Waals surface area contributed by atoms with Gasteiger partial charge in [-0.25, -0.2) is 0 Å². The molecule has 0 radical (unpaired) electrons. The van der Waals surface area contributed by atoms with E-state index in [-0.39, 0.29) is 18.9 Å². The fourth-order valence-corrected chi connectivity index (χ4v) is 2.21. The van der Waals surface area contributed by atoms with Gasteiger partial charge in [0, 0.05) is 6.54 Å². The van der Waals surface area contributed by atoms with Crippen LogP contribution >= 0.6 is 0 Å². The van der Waals surface area contributed by atoms with Crippen LogP contribution in [0, 0.1) is 0 Å². The average molecular weight is 275 g/mol. The van der Waals surface area contributed by atoms with Gasteiger partial charge in [-0.3, -0.25) is 19.7 Å². The van der Waals surface area contributed by atoms with Crippen molar-refractivity contribution in [1.82, 2.24) is 10.2 Å². The maximum Gasteiger partial charge on any atom is 0.249 e. The predicted molar refractivity (Wildman–Crippen MR) is 72.4 cm³/mol. The van der Waals surface area contributed by atoms with Gasteiger partial charge < -0.3 is 10.6 Å². The van der Waals surface area contributed by atoms with Crippen molar-refractivity contribution >= 4 is 17.7 Å². The summed E-state index contributed by atoms with van der Waals surface area (Å²) >= 11 is 0. The monoisotopic (exact) mass is 275 g/mol. The minimum absolute atomic E-state index is 0.0868. The number of nitrogens with two attached hydrogens (primary N) is 1. The molecule has 20 heavy (non-hydrogen) atoms. The van der Waals surface area contributed by atoms with Crippen molar-refractivity contribution in [3.63, 3.8) is 0 Å². The molecule has 2 rings (SSSR count). The molecule has 3 N–H and O–H groups in total. The van der Waals surface area contributed by atoms with Crippen LogP contribution in [-0.4, -0.2) is 35.2 Å². The number of hydrogen-bond donors (Lipinski definition) is 2. The van der Waals surface area contributed by atoms with Crippen molar-refractivity contribution in [2.75, 3.05) is 6.54 Å². The molecular formula is C14H17N3O3. The van der Waals surface area contributed by atoms with E-state index in [1.54, 1.807) is 6.92 Å². The van der Waals surface area contributed by atoms with Crippen LogP contribution in [0.3, 0.4) is 0 Å². The first-order valence-electron chi connectivity index (χ1n) is 6.43. The highest BCUT2D eigenvalue weighted by atomic mass is 16.2. The van der Waals surface area contributed by atoms with Crippen molar-refractivity contribution in [3.05, 3.63) is 35.4 Å². The highest BCUT2D eigenvalue weighted by Gasteiger charge is 2.33. The second-order valence-electron chi connectivity index (χ2n) is 4.76. The van der Waals surface area contributed by atoms with E-state index in [1.165, 1.54) is 4.90 Å². The van der Waals surface area contributed by atoms with Gasteiger partial charge in [-0.05, 0) is 18.1 Å². The van der Waals surface area contributed by atoms with E-state index in [2.05, 4.69) is 5.32 Å². The lowest BCUT2D eigenvalue weighted by Crippen LogP contribution is -2.58. The average Bonchev–Trinajstić information content (AvgIpc) is 2.43. The first-order valence-corrected chi connectivity index (χ1v) is 6.43. The third-order valence-electron chi connectivity index (χ3n) is 3.42. The van der Waals surface area contributed by atoms with E-state index >= 15 is 0 Å². The van der Waals surface area contributed by atoms with Crippen LogP contribution in [0.25, 0.3) is 0 Å². The smallest absolute Gasteiger partial charge is 0.249 e. The molecule has 1 fully saturated rings. The first kappa shape index (κ1) is 14.2. The van der Waals surface area contributed by atoms with Gasteiger partial charge in [0.05, 0.1) is 6.42 Å². The summed E-state index contributed by atoms with van der Waals surface area (Å²) in [5, 5.41) is 2.21. The third kappa shape index (κ3) is 2.85. The summed E-state index contributed by atoms with van der Waals surface area (Å²) in [5.41, 5.74) is 7.35. The molecule has 0 saturated carbocycles. The Labute approximate surface area is 116 Å². The lowest BCUT2D eigenvalue weighted by atomic mass is 10.0. The number of nitrogens with zero attached hydrogens (tertiary/aromatic N) is 1. The summed E-state index contributed by atoms with van der Waals surface area (Å²) in [6, 6.07) is 6.75. The molecule has 1 saturated heterocycles. The minimum Gasteiger partial charge on any atom is -0.326 e. The molecule has 0 aliphatic carbocycles. The van der Waals surface area contributed by atoms with E-state index < -0.39 is 17.9 Å². The zero-order chi connectivity index (χ0) is 14.7. The zero-order valence-corrected chi connectivity index (χ0v) is 11.3. The maximum atomic E-state index is 12.3. The molecular weight excluding hydrogens is 258 g/mol. The summed E-state index contributed by atoms with van der Waals surface area (Å²) in [7, 11) is 0. The molecule has 1 atom stereocenters. The van der Waals surface area contributed by atoms with E-state index in [0.717, 1.165) is 11.1 Å². The fraction of sp³-hybridized carbons (Fsp3) is 0.357. The van der Waals surface area contributed by atoms with Gasteiger partial charge in [0.25, 0.3) is 0 Å². The second kappa shape index (κ2) is 5.83. The molecule has 1 aliphatic rings. The van der Waals surface area contributed by atoms with Crippen molar-refractivity contribution < 1.29 is 14.4 Å². The zero-order valence-electron chi connectivity index (χ0n) is 11.3. The normalized spacial score (nSPS) is 18.9. The molecule has 0 spiro atoms. The number of imide groups is 1. The Bertz CT molecular complexity index is 556. The Kier molecular flexibility index (Phi) is 4.14. The van der Waals surface area contributed by atoms with Crippen LogP contribution in [0.15, 0.2) is 24.3 Å². The molecule has 1 unspecified atom stereocenters. The molecule has 6 heteroatoms. The largest absolute Gasteiger partial charge is 0.326 e. The molecule has 0 aromatic heterocycles. The third-order valence-corrected chi connectivity index (χ3v) is 3.42. The Morgan fingerprint density at radius 2 is 2.00 bits per heavy atom. The van der Waals surface area contributed by atoms with Gasteiger partial charge in [0.1, 0.15) is 12.6 Å². The van der Waals surface area contributed by atoms with Crippen molar-refractivity contribution in [2.24, 2.45) is 5.73 Å². The molecule has 1 aliphatic heterocycles. The highest BCUT2D eigenvalue weighted by Crippen LogP contribution is 2.13. The number of hydrogen-bond acceptors (Lipinski definition) is 4. The summed E-state index contributed by atoms with van der Waals surface area (Å²) in [6.45, 7) is 1.86. The van der Waals surface area contributed by atoms with Crippen LogP contribution in [-0.2, 0) is 27.3 Å². The number of rotatable bonds is 3. The molecule has 106 valence electrons. The van der Waals surface area contributed by atoms with Gasteiger partial charge in [-0.15, -0.1) is 0 Å². The maximum absolute atomic E-state index is 12.3. The molecule has 1 aromatic rings. The number of amides is 3. The summed E-state index contributed by atoms with van der Waals surface area (Å²) in [4.78, 5) is 36.5. The van der Waals surface area contributed by atoms with Crippen molar-refractivity contribution in [3.8, 4) is 0 Å². The minimum atomic E-state index is -0.634. The van der Waals surface area contributed by atoms with Crippen molar-refractivity contribution in [1.29, 1.82) is 0 Å². The predicted octanol–water partition coefficient (Wildman–Crippen LogP) is -0.439. The Hall–Kier alpha value is -2.21. The van der Waals surface area contributed by atoms with E-state index in [9.17, 15) is 14.4 Å². The van der Waals surface area contributed by atoms with E-state index in [1.807, 2.05) is 24.3 Å². The van der Waals surface area contributed by atoms with Gasteiger partial charge in [-0.2, -0.15) is 0 Å². The van der Waals surface area contributed by atoms with Gasteiger partial charge >= 0.3 is 0 Å². The number of carbonyl (C=O) groups is 3. The first-order chi connectivity index (χ1) is 9.52. The number of carbonyl (C=O) groups excluding carboxylic acids is 3. The van der Waals surface area contributed by atoms with Crippen LogP contribution < -0.4 is 11.1 Å². The van der Waals surface area contributed by atoms with Crippen molar-refractivity contribution in [2.45, 2.75) is 25.9 Å². The van der Waals surface area contributed by atoms with Crippen LogP contribution in [0.5, 0.6) is 0 Å². The Morgan fingerprint density at radius 3 is 2.65 bits per heavy atom. The van der Waals surface area contributed by atoms with Crippen LogP contribution in [0.2, 0.25) is 0 Å². The Balaban J connectivity index is 2.15. The van der Waals surface area contributed by atoms with E-state index in [0.29, 0.717) is 6.54 Å². The quantitative estimate of drug-likeness (QED) is 0.732.